The summed E-state index contributed by atoms with van der Waals surface area (Å²) in [5.41, 5.74) is 1.02. The molecule has 136 valence electrons. The van der Waals surface area contributed by atoms with Crippen molar-refractivity contribution in [1.29, 1.82) is 0 Å². The number of rotatable bonds is 9. The van der Waals surface area contributed by atoms with Crippen molar-refractivity contribution >= 4 is 10.0 Å². The van der Waals surface area contributed by atoms with Gasteiger partial charge in [-0.1, -0.05) is 12.1 Å². The summed E-state index contributed by atoms with van der Waals surface area (Å²) in [7, 11) is -0.256. The second kappa shape index (κ2) is 9.33. The molecule has 0 amide bonds. The molecule has 1 fully saturated rings. The van der Waals surface area contributed by atoms with E-state index in [2.05, 4.69) is 9.62 Å². The van der Waals surface area contributed by atoms with E-state index in [9.17, 15) is 8.42 Å². The fourth-order valence-electron chi connectivity index (χ4n) is 2.67. The third-order valence-corrected chi connectivity index (χ3v) is 5.33. The molecule has 1 aliphatic rings. The summed E-state index contributed by atoms with van der Waals surface area (Å²) in [6.45, 7) is 3.31. The van der Waals surface area contributed by atoms with Gasteiger partial charge in [-0.2, -0.15) is 0 Å². The quantitative estimate of drug-likeness (QED) is 0.698. The Morgan fingerprint density at radius 2 is 2.04 bits per heavy atom. The molecule has 24 heavy (non-hydrogen) atoms. The predicted molar refractivity (Wildman–Crippen MR) is 91.8 cm³/mol. The number of methoxy groups -OCH3 is 2. The summed E-state index contributed by atoms with van der Waals surface area (Å²) in [4.78, 5) is 2.23. The second-order valence-corrected chi connectivity index (χ2v) is 7.53. The van der Waals surface area contributed by atoms with Gasteiger partial charge in [0.1, 0.15) is 5.75 Å². The number of hydrogen-bond acceptors (Lipinski definition) is 6. The van der Waals surface area contributed by atoms with Crippen LogP contribution < -0.4 is 9.46 Å². The third kappa shape index (κ3) is 5.71. The first-order valence-electron chi connectivity index (χ1n) is 7.98. The van der Waals surface area contributed by atoms with Gasteiger partial charge in [0.2, 0.25) is 10.0 Å². The zero-order chi connectivity index (χ0) is 17.4. The Labute approximate surface area is 143 Å². The minimum absolute atomic E-state index is 0.0442. The molecule has 1 N–H and O–H groups in total. The van der Waals surface area contributed by atoms with E-state index in [0.29, 0.717) is 19.8 Å². The van der Waals surface area contributed by atoms with Crippen molar-refractivity contribution in [3.63, 3.8) is 0 Å². The first-order chi connectivity index (χ1) is 11.6. The van der Waals surface area contributed by atoms with Crippen LogP contribution in [0.4, 0.5) is 0 Å². The fraction of sp³-hybridized carbons (Fsp3) is 0.625. The molecule has 0 aromatic heterocycles. The second-order valence-electron chi connectivity index (χ2n) is 5.60. The Hall–Kier alpha value is -1.19. The van der Waals surface area contributed by atoms with Crippen molar-refractivity contribution < 1.29 is 22.6 Å². The van der Waals surface area contributed by atoms with Crippen molar-refractivity contribution in [2.24, 2.45) is 0 Å². The molecule has 7 nitrogen and oxygen atoms in total. The number of ether oxygens (including phenoxy) is 3. The van der Waals surface area contributed by atoms with Gasteiger partial charge in [-0.3, -0.25) is 4.90 Å². The first-order valence-corrected chi connectivity index (χ1v) is 9.63. The molecular weight excluding hydrogens is 332 g/mol. The van der Waals surface area contributed by atoms with Crippen LogP contribution in [0, 0.1) is 0 Å². The summed E-state index contributed by atoms with van der Waals surface area (Å²) < 4.78 is 42.4. The molecule has 0 spiro atoms. The van der Waals surface area contributed by atoms with Crippen LogP contribution in [0.5, 0.6) is 5.75 Å². The topological polar surface area (TPSA) is 77.1 Å². The van der Waals surface area contributed by atoms with Crippen LogP contribution in [0.1, 0.15) is 11.6 Å². The smallest absolute Gasteiger partial charge is 0.213 e. The fourth-order valence-corrected chi connectivity index (χ4v) is 3.61. The molecule has 0 aliphatic carbocycles. The molecule has 1 aromatic rings. The van der Waals surface area contributed by atoms with E-state index in [-0.39, 0.29) is 18.4 Å². The van der Waals surface area contributed by atoms with E-state index in [0.717, 1.165) is 24.4 Å². The van der Waals surface area contributed by atoms with Crippen LogP contribution in [-0.2, 0) is 19.5 Å². The average molecular weight is 358 g/mol. The molecule has 1 unspecified atom stereocenters. The van der Waals surface area contributed by atoms with Gasteiger partial charge in [0.15, 0.2) is 0 Å². The standard InChI is InChI=1S/C16H26N2O5S/c1-21-10-11-24(19,20)17-13-16(18-6-8-23-9-7-18)14-4-3-5-15(12-14)22-2/h3-5,12,16-17H,6-11,13H2,1-2H3. The maximum Gasteiger partial charge on any atom is 0.213 e. The molecule has 1 atom stereocenters. The highest BCUT2D eigenvalue weighted by Crippen LogP contribution is 2.25. The molecule has 0 bridgehead atoms. The number of nitrogens with one attached hydrogen (secondary N) is 1. The number of benzene rings is 1. The van der Waals surface area contributed by atoms with Crippen LogP contribution in [0.25, 0.3) is 0 Å². The predicted octanol–water partition coefficient (Wildman–Crippen LogP) is 0.634. The lowest BCUT2D eigenvalue weighted by molar-refractivity contribution is 0.0171. The van der Waals surface area contributed by atoms with Crippen LogP contribution in [0.3, 0.4) is 0 Å². The van der Waals surface area contributed by atoms with Crippen molar-refractivity contribution in [3.8, 4) is 5.75 Å². The van der Waals surface area contributed by atoms with Gasteiger partial charge >= 0.3 is 0 Å². The van der Waals surface area contributed by atoms with E-state index in [1.807, 2.05) is 24.3 Å². The Morgan fingerprint density at radius 3 is 2.71 bits per heavy atom. The number of morpholine rings is 1. The van der Waals surface area contributed by atoms with Crippen LogP contribution in [0.15, 0.2) is 24.3 Å². The molecule has 0 saturated carbocycles. The van der Waals surface area contributed by atoms with Crippen LogP contribution >= 0.6 is 0 Å². The van der Waals surface area contributed by atoms with Gasteiger partial charge in [-0.15, -0.1) is 0 Å². The molecule has 1 heterocycles. The van der Waals surface area contributed by atoms with E-state index >= 15 is 0 Å². The molecule has 1 aromatic carbocycles. The van der Waals surface area contributed by atoms with Crippen LogP contribution in [0.2, 0.25) is 0 Å². The Bertz CT molecular complexity index is 602. The third-order valence-electron chi connectivity index (χ3n) is 4.02. The zero-order valence-electron chi connectivity index (χ0n) is 14.2. The number of hydrogen-bond donors (Lipinski definition) is 1. The van der Waals surface area contributed by atoms with E-state index < -0.39 is 10.0 Å². The Kier molecular flexibility index (Phi) is 7.44. The Balaban J connectivity index is 2.13. The van der Waals surface area contributed by atoms with Gasteiger partial charge in [0.25, 0.3) is 0 Å². The maximum absolute atomic E-state index is 12.1. The van der Waals surface area contributed by atoms with E-state index in [4.69, 9.17) is 14.2 Å². The molecule has 1 aliphatic heterocycles. The molecular formula is C16H26N2O5S. The molecule has 1 saturated heterocycles. The first kappa shape index (κ1) is 19.1. The van der Waals surface area contributed by atoms with Gasteiger partial charge in [-0.05, 0) is 17.7 Å². The highest BCUT2D eigenvalue weighted by Gasteiger charge is 2.24. The van der Waals surface area contributed by atoms with Crippen molar-refractivity contribution in [2.75, 3.05) is 59.4 Å². The van der Waals surface area contributed by atoms with E-state index in [1.54, 1.807) is 7.11 Å². The molecule has 2 rings (SSSR count). The summed E-state index contributed by atoms with van der Waals surface area (Å²) >= 11 is 0. The lowest BCUT2D eigenvalue weighted by Crippen LogP contribution is -2.44. The highest BCUT2D eigenvalue weighted by molar-refractivity contribution is 7.89. The SMILES string of the molecule is COCCS(=O)(=O)NCC(c1cccc(OC)c1)N1CCOCC1. The largest absolute Gasteiger partial charge is 0.497 e. The number of sulfonamides is 1. The maximum atomic E-state index is 12.1. The monoisotopic (exact) mass is 358 g/mol. The molecule has 0 radical (unpaired) electrons. The van der Waals surface area contributed by atoms with Crippen molar-refractivity contribution in [2.45, 2.75) is 6.04 Å². The van der Waals surface area contributed by atoms with Gasteiger partial charge in [0.05, 0.1) is 32.7 Å². The summed E-state index contributed by atoms with van der Waals surface area (Å²) in [6, 6.07) is 7.67. The van der Waals surface area contributed by atoms with Gasteiger partial charge in [0, 0.05) is 32.8 Å². The highest BCUT2D eigenvalue weighted by atomic mass is 32.2. The van der Waals surface area contributed by atoms with E-state index in [1.165, 1.54) is 7.11 Å². The summed E-state index contributed by atoms with van der Waals surface area (Å²) in [5.74, 6) is 0.713. The van der Waals surface area contributed by atoms with Crippen LogP contribution in [-0.4, -0.2) is 72.7 Å². The lowest BCUT2D eigenvalue weighted by atomic mass is 10.0. The van der Waals surface area contributed by atoms with Gasteiger partial charge in [-0.25, -0.2) is 13.1 Å². The lowest BCUT2D eigenvalue weighted by Gasteiger charge is -2.35. The van der Waals surface area contributed by atoms with Gasteiger partial charge < -0.3 is 14.2 Å². The summed E-state index contributed by atoms with van der Waals surface area (Å²) in [5, 5.41) is 0. The zero-order valence-corrected chi connectivity index (χ0v) is 15.0. The normalized spacial score (nSPS) is 17.6. The van der Waals surface area contributed by atoms with Crippen molar-refractivity contribution in [3.05, 3.63) is 29.8 Å². The molecule has 8 heteroatoms. The minimum atomic E-state index is -3.37. The summed E-state index contributed by atoms with van der Waals surface area (Å²) in [6.07, 6.45) is 0. The average Bonchev–Trinajstić information content (AvgIpc) is 2.61. The van der Waals surface area contributed by atoms with Crippen molar-refractivity contribution in [1.82, 2.24) is 9.62 Å². The minimum Gasteiger partial charge on any atom is -0.497 e. The Morgan fingerprint density at radius 1 is 1.29 bits per heavy atom. The number of nitrogens with zero attached hydrogens (tertiary/aromatic N) is 1.